The molecule has 0 saturated heterocycles. The maximum absolute atomic E-state index is 11.0. The van der Waals surface area contributed by atoms with Gasteiger partial charge in [0.25, 0.3) is 0 Å². The lowest BCUT2D eigenvalue weighted by molar-refractivity contribution is -0.125. The van der Waals surface area contributed by atoms with E-state index in [0.717, 1.165) is 4.92 Å². The summed E-state index contributed by atoms with van der Waals surface area (Å²) in [7, 11) is -1.07. The molecule has 16 heavy (non-hydrogen) atoms. The average Bonchev–Trinajstić information content (AvgIpc) is 2.30. The third kappa shape index (κ3) is 2.94. The van der Waals surface area contributed by atoms with Crippen LogP contribution in [0.3, 0.4) is 0 Å². The van der Waals surface area contributed by atoms with E-state index < -0.39 is 7.05 Å². The van der Waals surface area contributed by atoms with Gasteiger partial charge in [-0.25, -0.2) is 4.92 Å². The summed E-state index contributed by atoms with van der Waals surface area (Å²) in [5.41, 5.74) is 1.20. The van der Waals surface area contributed by atoms with Crippen molar-refractivity contribution in [1.29, 1.82) is 0 Å². The van der Waals surface area contributed by atoms with Crippen molar-refractivity contribution < 1.29 is 9.82 Å². The maximum atomic E-state index is 11.0. The third-order valence-corrected chi connectivity index (χ3v) is 1.93. The number of nitrogens with zero attached hydrogens (tertiary/aromatic N) is 2. The molecule has 0 aromatic carbocycles. The zero-order chi connectivity index (χ0) is 12.7. The smallest absolute Gasteiger partial charge is 0.427 e. The van der Waals surface area contributed by atoms with E-state index in [1.54, 1.807) is 6.08 Å². The molecular formula is C11H17BN2O2. The molecule has 0 aromatic rings. The molecule has 0 atom stereocenters. The van der Waals surface area contributed by atoms with Crippen LogP contribution in [-0.2, 0) is 4.79 Å². The van der Waals surface area contributed by atoms with Gasteiger partial charge in [-0.2, -0.15) is 5.10 Å². The molecule has 1 amide bonds. The first-order chi connectivity index (χ1) is 7.61. The molecule has 0 fully saturated rings. The molecular weight excluding hydrogens is 203 g/mol. The molecule has 0 aliphatic carbocycles. The minimum atomic E-state index is -1.07. The Labute approximate surface area is 96.8 Å². The fourth-order valence-electron chi connectivity index (χ4n) is 1.19. The summed E-state index contributed by atoms with van der Waals surface area (Å²) in [6.45, 7) is 12.5. The van der Waals surface area contributed by atoms with E-state index in [1.807, 2.05) is 13.8 Å². The Kier molecular flexibility index (Phi) is 6.11. The van der Waals surface area contributed by atoms with Crippen LogP contribution in [0, 0.1) is 0 Å². The second-order valence-corrected chi connectivity index (χ2v) is 2.80. The first kappa shape index (κ1) is 14.4. The molecule has 0 unspecified atom stereocenters. The maximum Gasteiger partial charge on any atom is 0.474 e. The lowest BCUT2D eigenvalue weighted by Crippen LogP contribution is -2.43. The predicted octanol–water partition coefficient (Wildman–Crippen LogP) is 1.55. The van der Waals surface area contributed by atoms with Gasteiger partial charge in [0, 0.05) is 6.92 Å². The van der Waals surface area contributed by atoms with E-state index in [4.69, 9.17) is 0 Å². The zero-order valence-corrected chi connectivity index (χ0v) is 9.97. The van der Waals surface area contributed by atoms with Crippen LogP contribution in [0.2, 0.25) is 0 Å². The van der Waals surface area contributed by atoms with Crippen molar-refractivity contribution in [2.75, 3.05) is 0 Å². The normalized spacial score (nSPS) is 14.2. The van der Waals surface area contributed by atoms with E-state index in [2.05, 4.69) is 18.3 Å². The van der Waals surface area contributed by atoms with Gasteiger partial charge < -0.3 is 5.02 Å². The predicted molar refractivity (Wildman–Crippen MR) is 67.8 cm³/mol. The van der Waals surface area contributed by atoms with E-state index >= 15 is 0 Å². The molecule has 1 aliphatic rings. The standard InChI is InChI=1S/C9H11BN2O2.C2H6/c1-4-8-6-11-12(7(3)13)10(14)9(8)5-2;1-2/h4-6,14H,1-2H2,3H3;1-2H3. The topological polar surface area (TPSA) is 52.9 Å². The van der Waals surface area contributed by atoms with Crippen molar-refractivity contribution in [2.45, 2.75) is 20.8 Å². The second-order valence-electron chi connectivity index (χ2n) is 2.80. The molecule has 1 aliphatic heterocycles. The number of carbonyl (C=O) groups excluding carboxylic acids is 1. The third-order valence-electron chi connectivity index (χ3n) is 1.93. The van der Waals surface area contributed by atoms with E-state index in [-0.39, 0.29) is 5.91 Å². The Morgan fingerprint density at radius 1 is 1.50 bits per heavy atom. The zero-order valence-electron chi connectivity index (χ0n) is 9.97. The van der Waals surface area contributed by atoms with Crippen molar-refractivity contribution in [2.24, 2.45) is 5.10 Å². The van der Waals surface area contributed by atoms with Crippen LogP contribution in [0.5, 0.6) is 0 Å². The van der Waals surface area contributed by atoms with Gasteiger partial charge >= 0.3 is 7.05 Å². The number of allylic oxidation sites excluding steroid dienone is 4. The van der Waals surface area contributed by atoms with Crippen LogP contribution in [0.15, 0.2) is 41.5 Å². The van der Waals surface area contributed by atoms with Crippen molar-refractivity contribution in [1.82, 2.24) is 4.92 Å². The minimum absolute atomic E-state index is 0.323. The highest BCUT2D eigenvalue weighted by atomic mass is 16.2. The molecule has 0 spiro atoms. The van der Waals surface area contributed by atoms with Crippen LogP contribution >= 0.6 is 0 Å². The Bertz CT molecular complexity index is 348. The van der Waals surface area contributed by atoms with E-state index in [1.165, 1.54) is 19.2 Å². The van der Waals surface area contributed by atoms with Gasteiger partial charge in [-0.1, -0.05) is 39.2 Å². The first-order valence-electron chi connectivity index (χ1n) is 5.12. The van der Waals surface area contributed by atoms with Gasteiger partial charge in [-0.15, -0.1) is 0 Å². The van der Waals surface area contributed by atoms with Gasteiger partial charge in [-0.3, -0.25) is 4.79 Å². The summed E-state index contributed by atoms with van der Waals surface area (Å²) in [5.74, 6) is -0.323. The second kappa shape index (κ2) is 6.79. The van der Waals surface area contributed by atoms with Gasteiger partial charge in [0.15, 0.2) is 0 Å². The molecule has 5 heteroatoms. The average molecular weight is 220 g/mol. The van der Waals surface area contributed by atoms with Crippen LogP contribution < -0.4 is 0 Å². The van der Waals surface area contributed by atoms with E-state index in [0.29, 0.717) is 11.0 Å². The summed E-state index contributed by atoms with van der Waals surface area (Å²) in [5, 5.41) is 13.5. The first-order valence-corrected chi connectivity index (χ1v) is 5.12. The lowest BCUT2D eigenvalue weighted by atomic mass is 9.69. The molecule has 0 radical (unpaired) electrons. The number of amides is 1. The fourth-order valence-corrected chi connectivity index (χ4v) is 1.19. The largest absolute Gasteiger partial charge is 0.474 e. The van der Waals surface area contributed by atoms with Gasteiger partial charge in [0.05, 0.1) is 6.21 Å². The summed E-state index contributed by atoms with van der Waals surface area (Å²) in [6, 6.07) is 0. The molecule has 1 N–H and O–H groups in total. The quantitative estimate of drug-likeness (QED) is 0.717. The van der Waals surface area contributed by atoms with Crippen LogP contribution in [0.1, 0.15) is 20.8 Å². The molecule has 0 aromatic heterocycles. The number of hydrogen-bond donors (Lipinski definition) is 1. The molecule has 0 bridgehead atoms. The molecule has 4 nitrogen and oxygen atoms in total. The van der Waals surface area contributed by atoms with Crippen LogP contribution in [0.4, 0.5) is 0 Å². The lowest BCUT2D eigenvalue weighted by Gasteiger charge is -2.23. The number of hydrazone groups is 1. The SMILES string of the molecule is C=CC1=C(C=C)B(O)N(C(C)=O)N=C1.CC. The Morgan fingerprint density at radius 3 is 2.44 bits per heavy atom. The van der Waals surface area contributed by atoms with Gasteiger partial charge in [0.1, 0.15) is 0 Å². The van der Waals surface area contributed by atoms with E-state index in [9.17, 15) is 9.82 Å². The number of rotatable bonds is 2. The highest BCUT2D eigenvalue weighted by Gasteiger charge is 2.31. The molecule has 1 heterocycles. The Hall–Kier alpha value is -1.62. The summed E-state index contributed by atoms with van der Waals surface area (Å²) in [4.78, 5) is 12.0. The fraction of sp³-hybridized carbons (Fsp3) is 0.273. The summed E-state index contributed by atoms with van der Waals surface area (Å²) in [6.07, 6.45) is 4.52. The molecule has 1 rings (SSSR count). The van der Waals surface area contributed by atoms with Crippen LogP contribution in [0.25, 0.3) is 0 Å². The molecule has 86 valence electrons. The summed E-state index contributed by atoms with van der Waals surface area (Å²) < 4.78 is 0. The Balaban J connectivity index is 0.00000106. The van der Waals surface area contributed by atoms with Crippen molar-refractivity contribution in [3.63, 3.8) is 0 Å². The molecule has 0 saturated carbocycles. The van der Waals surface area contributed by atoms with Gasteiger partial charge in [-0.05, 0) is 11.0 Å². The van der Waals surface area contributed by atoms with Crippen molar-refractivity contribution in [3.05, 3.63) is 36.4 Å². The van der Waals surface area contributed by atoms with Crippen molar-refractivity contribution >= 4 is 19.2 Å². The summed E-state index contributed by atoms with van der Waals surface area (Å²) >= 11 is 0. The van der Waals surface area contributed by atoms with Crippen molar-refractivity contribution in [3.8, 4) is 0 Å². The monoisotopic (exact) mass is 220 g/mol. The van der Waals surface area contributed by atoms with Gasteiger partial charge in [0.2, 0.25) is 5.91 Å². The Morgan fingerprint density at radius 2 is 2.06 bits per heavy atom. The minimum Gasteiger partial charge on any atom is -0.427 e. The van der Waals surface area contributed by atoms with Crippen LogP contribution in [-0.4, -0.2) is 29.1 Å². The highest BCUT2D eigenvalue weighted by molar-refractivity contribution is 6.61. The number of hydrogen-bond acceptors (Lipinski definition) is 3. The number of carbonyl (C=O) groups is 1. The highest BCUT2D eigenvalue weighted by Crippen LogP contribution is 2.16.